The van der Waals surface area contributed by atoms with Crippen LogP contribution >= 0.6 is 11.3 Å². The Balaban J connectivity index is 2.76. The summed E-state index contributed by atoms with van der Waals surface area (Å²) >= 11 is 1.06. The predicted octanol–water partition coefficient (Wildman–Crippen LogP) is 1.03. The Kier molecular flexibility index (Phi) is 5.71. The Morgan fingerprint density at radius 2 is 1.91 bits per heavy atom. The van der Waals surface area contributed by atoms with Crippen molar-refractivity contribution in [2.45, 2.75) is 33.4 Å². The number of amides is 1. The zero-order chi connectivity index (χ0) is 17.1. The van der Waals surface area contributed by atoms with Gasteiger partial charge >= 0.3 is 5.97 Å². The molecule has 3 N–H and O–H groups in total. The summed E-state index contributed by atoms with van der Waals surface area (Å²) < 4.78 is 25.1. The molecular formula is C13H20N2O5S2. The van der Waals surface area contributed by atoms with Crippen molar-refractivity contribution in [1.29, 1.82) is 0 Å². The quantitative estimate of drug-likeness (QED) is 0.711. The summed E-state index contributed by atoms with van der Waals surface area (Å²) in [4.78, 5) is 23.9. The second-order valence-corrected chi connectivity index (χ2v) is 8.93. The van der Waals surface area contributed by atoms with Crippen LogP contribution < -0.4 is 10.0 Å². The van der Waals surface area contributed by atoms with Crippen molar-refractivity contribution in [2.24, 2.45) is 5.41 Å². The molecule has 0 aromatic carbocycles. The first kappa shape index (κ1) is 18.6. The van der Waals surface area contributed by atoms with E-state index in [9.17, 15) is 18.0 Å². The van der Waals surface area contributed by atoms with Crippen LogP contribution in [0.15, 0.2) is 12.1 Å². The third kappa shape index (κ3) is 5.74. The number of sulfonamides is 1. The highest BCUT2D eigenvalue weighted by Crippen LogP contribution is 2.21. The summed E-state index contributed by atoms with van der Waals surface area (Å²) in [5.41, 5.74) is -0.602. The van der Waals surface area contributed by atoms with E-state index in [0.29, 0.717) is 4.88 Å². The van der Waals surface area contributed by atoms with Gasteiger partial charge in [0, 0.05) is 4.88 Å². The Bertz CT molecular complexity index is 658. The molecule has 7 nitrogen and oxygen atoms in total. The summed E-state index contributed by atoms with van der Waals surface area (Å²) in [6.45, 7) is 5.41. The molecule has 0 aliphatic rings. The first-order valence-electron chi connectivity index (χ1n) is 6.47. The Morgan fingerprint density at radius 3 is 2.32 bits per heavy atom. The van der Waals surface area contributed by atoms with Gasteiger partial charge in [0.05, 0.1) is 12.8 Å². The third-order valence-corrected chi connectivity index (χ3v) is 4.51. The largest absolute Gasteiger partial charge is 0.477 e. The highest BCUT2D eigenvalue weighted by Gasteiger charge is 2.33. The van der Waals surface area contributed by atoms with Crippen LogP contribution in [-0.2, 0) is 21.4 Å². The minimum absolute atomic E-state index is 0.148. The number of aromatic carboxylic acids is 1. The van der Waals surface area contributed by atoms with Gasteiger partial charge in [-0.05, 0) is 17.5 Å². The minimum Gasteiger partial charge on any atom is -0.477 e. The fourth-order valence-electron chi connectivity index (χ4n) is 1.70. The predicted molar refractivity (Wildman–Crippen MR) is 84.3 cm³/mol. The molecule has 0 bridgehead atoms. The molecule has 22 heavy (non-hydrogen) atoms. The van der Waals surface area contributed by atoms with Gasteiger partial charge in [-0.15, -0.1) is 11.3 Å². The number of rotatable bonds is 6. The maximum Gasteiger partial charge on any atom is 0.345 e. The van der Waals surface area contributed by atoms with Crippen LogP contribution in [0.3, 0.4) is 0 Å². The van der Waals surface area contributed by atoms with Gasteiger partial charge in [-0.3, -0.25) is 4.79 Å². The van der Waals surface area contributed by atoms with Gasteiger partial charge in [0.15, 0.2) is 0 Å². The molecule has 1 aromatic rings. The van der Waals surface area contributed by atoms with E-state index in [1.165, 1.54) is 6.07 Å². The van der Waals surface area contributed by atoms with Crippen molar-refractivity contribution >= 4 is 33.2 Å². The molecule has 0 spiro atoms. The normalized spacial score (nSPS) is 13.6. The number of thiophene rings is 1. The van der Waals surface area contributed by atoms with E-state index in [1.54, 1.807) is 26.8 Å². The van der Waals surface area contributed by atoms with Crippen LogP contribution in [0.1, 0.15) is 35.3 Å². The summed E-state index contributed by atoms with van der Waals surface area (Å²) in [5, 5.41) is 11.5. The van der Waals surface area contributed by atoms with E-state index in [-0.39, 0.29) is 11.4 Å². The zero-order valence-corrected chi connectivity index (χ0v) is 14.5. The van der Waals surface area contributed by atoms with E-state index >= 15 is 0 Å². The van der Waals surface area contributed by atoms with Crippen molar-refractivity contribution in [1.82, 2.24) is 10.0 Å². The van der Waals surface area contributed by atoms with E-state index in [4.69, 9.17) is 5.11 Å². The number of carboxylic acid groups (broad SMARTS) is 1. The lowest BCUT2D eigenvalue weighted by Crippen LogP contribution is -2.53. The molecule has 0 saturated carbocycles. The minimum atomic E-state index is -3.53. The van der Waals surface area contributed by atoms with E-state index in [2.05, 4.69) is 10.0 Å². The molecule has 0 saturated heterocycles. The van der Waals surface area contributed by atoms with Crippen LogP contribution in [0, 0.1) is 5.41 Å². The summed E-state index contributed by atoms with van der Waals surface area (Å²) in [6.07, 6.45) is 0.997. The topological polar surface area (TPSA) is 113 Å². The van der Waals surface area contributed by atoms with Crippen LogP contribution in [0.2, 0.25) is 0 Å². The number of hydrogen-bond acceptors (Lipinski definition) is 5. The van der Waals surface area contributed by atoms with Gasteiger partial charge in [-0.1, -0.05) is 20.8 Å². The lowest BCUT2D eigenvalue weighted by Gasteiger charge is -2.29. The second kappa shape index (κ2) is 6.76. The first-order chi connectivity index (χ1) is 9.90. The highest BCUT2D eigenvalue weighted by molar-refractivity contribution is 7.88. The zero-order valence-electron chi connectivity index (χ0n) is 12.8. The molecule has 1 heterocycles. The number of carbonyl (C=O) groups excluding carboxylic acids is 1. The molecule has 9 heteroatoms. The molecule has 124 valence electrons. The van der Waals surface area contributed by atoms with Gasteiger partial charge in [-0.2, -0.15) is 0 Å². The lowest BCUT2D eigenvalue weighted by atomic mass is 9.87. The van der Waals surface area contributed by atoms with Crippen molar-refractivity contribution < 1.29 is 23.1 Å². The smallest absolute Gasteiger partial charge is 0.345 e. The molecule has 1 atom stereocenters. The molecular weight excluding hydrogens is 328 g/mol. The van der Waals surface area contributed by atoms with Crippen LogP contribution in [0.4, 0.5) is 0 Å². The first-order valence-corrected chi connectivity index (χ1v) is 9.18. The van der Waals surface area contributed by atoms with Gasteiger partial charge in [0.2, 0.25) is 15.9 Å². The van der Waals surface area contributed by atoms with E-state index in [0.717, 1.165) is 17.6 Å². The van der Waals surface area contributed by atoms with Crippen LogP contribution in [0.5, 0.6) is 0 Å². The SMILES string of the molecule is CC(C)(C)C(NS(C)(=O)=O)C(=O)NCc1ccc(C(=O)O)s1. The molecule has 1 amide bonds. The fourth-order valence-corrected chi connectivity index (χ4v) is 3.38. The number of carboxylic acids is 1. The second-order valence-electron chi connectivity index (χ2n) is 5.98. The molecule has 0 fully saturated rings. The number of nitrogens with one attached hydrogen (secondary N) is 2. The summed E-state index contributed by atoms with van der Waals surface area (Å²) in [5.74, 6) is -1.47. The van der Waals surface area contributed by atoms with Crippen molar-refractivity contribution in [2.75, 3.05) is 6.26 Å². The molecule has 0 radical (unpaired) electrons. The van der Waals surface area contributed by atoms with Gasteiger partial charge in [0.25, 0.3) is 0 Å². The van der Waals surface area contributed by atoms with Crippen molar-refractivity contribution in [3.63, 3.8) is 0 Å². The van der Waals surface area contributed by atoms with Gasteiger partial charge in [0.1, 0.15) is 10.9 Å². The molecule has 1 rings (SSSR count). The maximum atomic E-state index is 12.2. The lowest BCUT2D eigenvalue weighted by molar-refractivity contribution is -0.125. The molecule has 0 aliphatic heterocycles. The van der Waals surface area contributed by atoms with Crippen LogP contribution in [0.25, 0.3) is 0 Å². The molecule has 1 aromatic heterocycles. The van der Waals surface area contributed by atoms with Crippen molar-refractivity contribution in [3.05, 3.63) is 21.9 Å². The average Bonchev–Trinajstić information content (AvgIpc) is 2.79. The third-order valence-electron chi connectivity index (χ3n) is 2.77. The van der Waals surface area contributed by atoms with Crippen molar-refractivity contribution in [3.8, 4) is 0 Å². The Hall–Kier alpha value is -1.45. The van der Waals surface area contributed by atoms with E-state index < -0.39 is 33.4 Å². The highest BCUT2D eigenvalue weighted by atomic mass is 32.2. The number of hydrogen-bond donors (Lipinski definition) is 3. The monoisotopic (exact) mass is 348 g/mol. The van der Waals surface area contributed by atoms with Crippen LogP contribution in [-0.4, -0.2) is 37.7 Å². The van der Waals surface area contributed by atoms with E-state index in [1.807, 2.05) is 0 Å². The molecule has 1 unspecified atom stereocenters. The fraction of sp³-hybridized carbons (Fsp3) is 0.538. The summed E-state index contributed by atoms with van der Waals surface area (Å²) in [7, 11) is -3.53. The van der Waals surface area contributed by atoms with Gasteiger partial charge < -0.3 is 10.4 Å². The Morgan fingerprint density at radius 1 is 1.32 bits per heavy atom. The average molecular weight is 348 g/mol. The standard InChI is InChI=1S/C13H20N2O5S2/c1-13(2,3)10(15-22(4,19)20)11(16)14-7-8-5-6-9(21-8)12(17)18/h5-6,10,15H,7H2,1-4H3,(H,14,16)(H,17,18). The molecule has 0 aliphatic carbocycles. The number of carbonyl (C=O) groups is 2. The van der Waals surface area contributed by atoms with Gasteiger partial charge in [-0.25, -0.2) is 17.9 Å². The maximum absolute atomic E-state index is 12.2. The Labute approximate surface area is 133 Å². The summed E-state index contributed by atoms with van der Waals surface area (Å²) in [6, 6.07) is 2.16.